The van der Waals surface area contributed by atoms with Crippen LogP contribution in [0.3, 0.4) is 0 Å². The molecule has 0 fully saturated rings. The van der Waals surface area contributed by atoms with Gasteiger partial charge in [0.25, 0.3) is 0 Å². The summed E-state index contributed by atoms with van der Waals surface area (Å²) in [6.45, 7) is 14.2. The molecule has 0 aliphatic rings. The first-order valence-electron chi connectivity index (χ1n) is 16.9. The molecule has 2 aromatic rings. The van der Waals surface area contributed by atoms with Gasteiger partial charge < -0.3 is 4.43 Å². The van der Waals surface area contributed by atoms with E-state index >= 15 is 0 Å². The Kier molecular flexibility index (Phi) is 19.2. The molecule has 0 aliphatic heterocycles. The second-order valence-electron chi connectivity index (χ2n) is 12.7. The Morgan fingerprint density at radius 3 is 1.95 bits per heavy atom. The topological polar surface area (TPSA) is 47.9 Å². The summed E-state index contributed by atoms with van der Waals surface area (Å²) in [6.07, 6.45) is 20.8. The van der Waals surface area contributed by atoms with Crippen molar-refractivity contribution in [3.05, 3.63) is 30.5 Å². The van der Waals surface area contributed by atoms with Gasteiger partial charge in [0.1, 0.15) is 9.52 Å². The Morgan fingerprint density at radius 2 is 1.32 bits per heavy atom. The summed E-state index contributed by atoms with van der Waals surface area (Å²) >= 11 is 0. The fraction of sp³-hybridized carbons (Fsp3) is 0.743. The highest BCUT2D eigenvalue weighted by Gasteiger charge is 2.12. The summed E-state index contributed by atoms with van der Waals surface area (Å²) in [5.41, 5.74) is 2.01. The van der Waals surface area contributed by atoms with Gasteiger partial charge in [-0.15, -0.1) is 10.2 Å². The van der Waals surface area contributed by atoms with Crippen LogP contribution in [0, 0.1) is 23.7 Å². The number of hydrogen-bond donors (Lipinski definition) is 0. The van der Waals surface area contributed by atoms with E-state index in [-0.39, 0.29) is 0 Å². The highest BCUT2D eigenvalue weighted by Crippen LogP contribution is 2.22. The SMILES string of the molecule is CCCCCC(C)CCC(C)CCCC[Si]c1ncccc1-c1ccc(O[Si]CC(C)CCC(C)CCCC)nn1. The van der Waals surface area contributed by atoms with Gasteiger partial charge in [-0.25, -0.2) is 0 Å². The Hall–Kier alpha value is -1.54. The predicted molar refractivity (Wildman–Crippen MR) is 179 cm³/mol. The quantitative estimate of drug-likeness (QED) is 0.0898. The van der Waals surface area contributed by atoms with Crippen LogP contribution in [-0.4, -0.2) is 34.5 Å². The van der Waals surface area contributed by atoms with Crippen LogP contribution >= 0.6 is 0 Å². The van der Waals surface area contributed by atoms with Crippen LogP contribution < -0.4 is 9.74 Å². The molecule has 0 saturated heterocycles. The van der Waals surface area contributed by atoms with E-state index in [1.165, 1.54) is 95.9 Å². The summed E-state index contributed by atoms with van der Waals surface area (Å²) in [5.74, 6) is 3.89. The van der Waals surface area contributed by atoms with E-state index in [9.17, 15) is 0 Å². The molecule has 0 N–H and O–H groups in total. The maximum Gasteiger partial charge on any atom is 0.313 e. The van der Waals surface area contributed by atoms with E-state index in [4.69, 9.17) is 9.41 Å². The molecule has 0 aliphatic carbocycles. The van der Waals surface area contributed by atoms with E-state index in [0.29, 0.717) is 31.1 Å². The largest absolute Gasteiger partial charge is 0.527 e. The predicted octanol–water partition coefficient (Wildman–Crippen LogP) is 9.75. The third-order valence-corrected chi connectivity index (χ3v) is 11.0. The van der Waals surface area contributed by atoms with Crippen molar-refractivity contribution in [2.45, 2.75) is 144 Å². The summed E-state index contributed by atoms with van der Waals surface area (Å²) in [5, 5.41) is 10.1. The second-order valence-corrected chi connectivity index (χ2v) is 15.0. The van der Waals surface area contributed by atoms with E-state index in [1.54, 1.807) is 0 Å². The molecule has 4 radical (unpaired) electrons. The molecule has 0 aromatic carbocycles. The van der Waals surface area contributed by atoms with Gasteiger partial charge in [-0.1, -0.05) is 137 Å². The van der Waals surface area contributed by atoms with Crippen LogP contribution in [0.5, 0.6) is 5.88 Å². The van der Waals surface area contributed by atoms with Gasteiger partial charge in [-0.05, 0) is 47.9 Å². The minimum absolute atomic E-state index is 0.437. The molecule has 4 atom stereocenters. The minimum Gasteiger partial charge on any atom is -0.527 e. The van der Waals surface area contributed by atoms with Crippen molar-refractivity contribution >= 4 is 24.6 Å². The molecule has 0 bridgehead atoms. The molecule has 41 heavy (non-hydrogen) atoms. The molecule has 2 rings (SSSR count). The van der Waals surface area contributed by atoms with E-state index < -0.39 is 0 Å². The highest BCUT2D eigenvalue weighted by atomic mass is 28.2. The Bertz CT molecular complexity index is 911. The fourth-order valence-electron chi connectivity index (χ4n) is 5.32. The number of rotatable bonds is 24. The summed E-state index contributed by atoms with van der Waals surface area (Å²) in [6, 6.07) is 10.4. The lowest BCUT2D eigenvalue weighted by atomic mass is 9.91. The van der Waals surface area contributed by atoms with Crippen molar-refractivity contribution in [3.8, 4) is 17.1 Å². The average molecular weight is 594 g/mol. The average Bonchev–Trinajstić information content (AvgIpc) is 2.98. The van der Waals surface area contributed by atoms with Crippen LogP contribution in [0.2, 0.25) is 12.1 Å². The summed E-state index contributed by atoms with van der Waals surface area (Å²) < 4.78 is 5.97. The highest BCUT2D eigenvalue weighted by molar-refractivity contribution is 6.54. The van der Waals surface area contributed by atoms with Gasteiger partial charge in [-0.2, -0.15) is 0 Å². The summed E-state index contributed by atoms with van der Waals surface area (Å²) in [4.78, 5) is 4.72. The van der Waals surface area contributed by atoms with E-state index in [2.05, 4.69) is 57.8 Å². The monoisotopic (exact) mass is 593 g/mol. The lowest BCUT2D eigenvalue weighted by Gasteiger charge is -2.15. The van der Waals surface area contributed by atoms with Crippen molar-refractivity contribution in [1.82, 2.24) is 15.2 Å². The molecule has 6 heteroatoms. The number of nitrogens with zero attached hydrogens (tertiary/aromatic N) is 3. The molecule has 4 unspecified atom stereocenters. The van der Waals surface area contributed by atoms with Gasteiger partial charge in [0.05, 0.1) is 5.69 Å². The lowest BCUT2D eigenvalue weighted by Crippen LogP contribution is -2.21. The van der Waals surface area contributed by atoms with Crippen LogP contribution in [0.1, 0.15) is 131 Å². The molecule has 2 heterocycles. The number of pyridine rings is 1. The third-order valence-electron chi connectivity index (χ3n) is 8.40. The molecule has 4 nitrogen and oxygen atoms in total. The fourth-order valence-corrected chi connectivity index (χ4v) is 7.38. The van der Waals surface area contributed by atoms with E-state index in [1.807, 2.05) is 24.4 Å². The minimum atomic E-state index is 0.437. The molecule has 2 aromatic heterocycles. The van der Waals surface area contributed by atoms with Crippen molar-refractivity contribution < 1.29 is 4.43 Å². The Morgan fingerprint density at radius 1 is 0.683 bits per heavy atom. The molecular weight excluding hydrogens is 535 g/mol. The van der Waals surface area contributed by atoms with Crippen molar-refractivity contribution in [1.29, 1.82) is 0 Å². The number of hydrogen-bond acceptors (Lipinski definition) is 4. The lowest BCUT2D eigenvalue weighted by molar-refractivity contribution is 0.382. The molecule has 0 spiro atoms. The van der Waals surface area contributed by atoms with Gasteiger partial charge >= 0.3 is 9.76 Å². The first-order valence-corrected chi connectivity index (χ1v) is 19.2. The molecular formula is C35H59N3OSi2. The van der Waals surface area contributed by atoms with Crippen LogP contribution in [0.15, 0.2) is 30.5 Å². The van der Waals surface area contributed by atoms with Gasteiger partial charge in [0, 0.05) is 23.1 Å². The maximum absolute atomic E-state index is 5.97. The standard InChI is InChI=1S/C35H59N3OSi2/c1-7-9-11-16-29(4)19-20-30(5)17-12-13-26-40-35-32(18-14-25-36-35)33-23-24-34(38-37-33)39-41-27-31(6)22-21-28(3)15-10-8-2/h14,18,23-25,28-31H,7-13,15-17,19-22,26-27H2,1-6H3. The van der Waals surface area contributed by atoms with Crippen molar-refractivity contribution in [2.75, 3.05) is 0 Å². The third kappa shape index (κ3) is 16.0. The van der Waals surface area contributed by atoms with Crippen molar-refractivity contribution in [3.63, 3.8) is 0 Å². The van der Waals surface area contributed by atoms with Crippen LogP contribution in [0.4, 0.5) is 0 Å². The Balaban J connectivity index is 1.69. The molecule has 0 amide bonds. The number of aromatic nitrogens is 3. The molecule has 228 valence electrons. The zero-order valence-corrected chi connectivity index (χ0v) is 29.3. The van der Waals surface area contributed by atoms with Gasteiger partial charge in [0.15, 0.2) is 0 Å². The number of unbranched alkanes of at least 4 members (excludes halogenated alkanes) is 4. The second kappa shape index (κ2) is 22.1. The van der Waals surface area contributed by atoms with Gasteiger partial charge in [-0.3, -0.25) is 4.98 Å². The zero-order chi connectivity index (χ0) is 29.7. The smallest absolute Gasteiger partial charge is 0.313 e. The van der Waals surface area contributed by atoms with Crippen molar-refractivity contribution in [2.24, 2.45) is 23.7 Å². The molecule has 0 saturated carbocycles. The van der Waals surface area contributed by atoms with Gasteiger partial charge in [0.2, 0.25) is 5.88 Å². The first kappa shape index (κ1) is 35.7. The normalized spacial score (nSPS) is 14.5. The van der Waals surface area contributed by atoms with Crippen LogP contribution in [0.25, 0.3) is 11.3 Å². The van der Waals surface area contributed by atoms with Crippen LogP contribution in [-0.2, 0) is 0 Å². The summed E-state index contributed by atoms with van der Waals surface area (Å²) in [7, 11) is 1.15. The zero-order valence-electron chi connectivity index (χ0n) is 27.3. The maximum atomic E-state index is 5.97. The first-order chi connectivity index (χ1) is 19.9. The Labute approximate surface area is 258 Å². The van der Waals surface area contributed by atoms with E-state index in [0.717, 1.165) is 40.4 Å².